The third-order valence-electron chi connectivity index (χ3n) is 2.82. The van der Waals surface area contributed by atoms with Gasteiger partial charge < -0.3 is 20.7 Å². The lowest BCUT2D eigenvalue weighted by molar-refractivity contribution is -0.124. The minimum Gasteiger partial charge on any atom is -0.396 e. The average molecular weight is 271 g/mol. The summed E-state index contributed by atoms with van der Waals surface area (Å²) in [6.07, 6.45) is 0. The van der Waals surface area contributed by atoms with Gasteiger partial charge in [0.25, 0.3) is 0 Å². The smallest absolute Gasteiger partial charge is 0.244 e. The Kier molecular flexibility index (Phi) is 3.88. The zero-order chi connectivity index (χ0) is 13.1. The maximum Gasteiger partial charge on any atom is 0.244 e. The first kappa shape index (κ1) is 12.9. The second-order valence-corrected chi connectivity index (χ2v) is 4.33. The van der Waals surface area contributed by atoms with Crippen LogP contribution < -0.4 is 16.0 Å². The van der Waals surface area contributed by atoms with Crippen molar-refractivity contribution in [3.63, 3.8) is 0 Å². The van der Waals surface area contributed by atoms with E-state index in [0.29, 0.717) is 36.4 Å². The zero-order valence-corrected chi connectivity index (χ0v) is 10.8. The van der Waals surface area contributed by atoms with Crippen molar-refractivity contribution in [2.24, 2.45) is 0 Å². The lowest BCUT2D eigenvalue weighted by Gasteiger charge is -2.35. The van der Waals surface area contributed by atoms with Gasteiger partial charge in [0.05, 0.1) is 18.9 Å². The van der Waals surface area contributed by atoms with Crippen molar-refractivity contribution in [3.8, 4) is 0 Å². The highest BCUT2D eigenvalue weighted by Gasteiger charge is 2.30. The number of amides is 1. The number of nitrogens with two attached hydrogens (primary N) is 1. The standard InChI is InChI=1S/C11H15ClN4O2/c1-14-11(17)8-6-18-5-4-16(8)10-7(13)2-3-9(12)15-10/h2-3,8H,4-6,13H2,1H3,(H,14,17). The van der Waals surface area contributed by atoms with E-state index in [2.05, 4.69) is 10.3 Å². The van der Waals surface area contributed by atoms with Crippen LogP contribution in [0.3, 0.4) is 0 Å². The fourth-order valence-corrected chi connectivity index (χ4v) is 2.05. The number of pyridine rings is 1. The van der Waals surface area contributed by atoms with Gasteiger partial charge in [0.1, 0.15) is 11.2 Å². The molecule has 1 saturated heterocycles. The first-order chi connectivity index (χ1) is 8.63. The quantitative estimate of drug-likeness (QED) is 0.754. The van der Waals surface area contributed by atoms with Crippen molar-refractivity contribution in [2.45, 2.75) is 6.04 Å². The van der Waals surface area contributed by atoms with E-state index in [1.807, 2.05) is 4.90 Å². The summed E-state index contributed by atoms with van der Waals surface area (Å²) in [7, 11) is 1.59. The molecule has 2 rings (SSSR count). The van der Waals surface area contributed by atoms with E-state index in [9.17, 15) is 4.79 Å². The highest BCUT2D eigenvalue weighted by molar-refractivity contribution is 6.29. The summed E-state index contributed by atoms with van der Waals surface area (Å²) < 4.78 is 5.32. The molecular weight excluding hydrogens is 256 g/mol. The lowest BCUT2D eigenvalue weighted by atomic mass is 10.2. The van der Waals surface area contributed by atoms with Crippen LogP contribution in [0.2, 0.25) is 5.15 Å². The average Bonchev–Trinajstić information content (AvgIpc) is 2.40. The Balaban J connectivity index is 2.33. The van der Waals surface area contributed by atoms with Crippen molar-refractivity contribution < 1.29 is 9.53 Å². The van der Waals surface area contributed by atoms with Gasteiger partial charge in [-0.05, 0) is 12.1 Å². The molecule has 0 bridgehead atoms. The molecule has 1 aromatic heterocycles. The van der Waals surface area contributed by atoms with E-state index in [1.54, 1.807) is 19.2 Å². The third-order valence-corrected chi connectivity index (χ3v) is 3.03. The second-order valence-electron chi connectivity index (χ2n) is 3.95. The number of morpholine rings is 1. The van der Waals surface area contributed by atoms with Crippen LogP contribution in [0.5, 0.6) is 0 Å². The molecule has 0 saturated carbocycles. The predicted octanol–water partition coefficient (Wildman–Crippen LogP) is 0.268. The van der Waals surface area contributed by atoms with Gasteiger partial charge in [0.15, 0.2) is 5.82 Å². The summed E-state index contributed by atoms with van der Waals surface area (Å²) in [5.74, 6) is 0.398. The highest BCUT2D eigenvalue weighted by atomic mass is 35.5. The van der Waals surface area contributed by atoms with Crippen molar-refractivity contribution in [3.05, 3.63) is 17.3 Å². The molecule has 7 heteroatoms. The summed E-state index contributed by atoms with van der Waals surface area (Å²) in [5, 5.41) is 2.95. The number of nitrogen functional groups attached to an aromatic ring is 1. The zero-order valence-electron chi connectivity index (χ0n) is 10.0. The van der Waals surface area contributed by atoms with Gasteiger partial charge >= 0.3 is 0 Å². The van der Waals surface area contributed by atoms with Crippen molar-refractivity contribution in [1.82, 2.24) is 10.3 Å². The number of carbonyl (C=O) groups is 1. The van der Waals surface area contributed by atoms with Gasteiger partial charge in [-0.15, -0.1) is 0 Å². The number of likely N-dealkylation sites (N-methyl/N-ethyl adjacent to an activating group) is 1. The number of aromatic nitrogens is 1. The molecule has 1 unspecified atom stereocenters. The minimum atomic E-state index is -0.433. The van der Waals surface area contributed by atoms with Crippen LogP contribution in [-0.2, 0) is 9.53 Å². The normalized spacial score (nSPS) is 19.7. The van der Waals surface area contributed by atoms with E-state index in [0.717, 1.165) is 0 Å². The van der Waals surface area contributed by atoms with Crippen LogP contribution in [0.1, 0.15) is 0 Å². The Labute approximate surface area is 110 Å². The molecule has 0 spiro atoms. The number of halogens is 1. The second kappa shape index (κ2) is 5.41. The molecular formula is C11H15ClN4O2. The number of carbonyl (C=O) groups excluding carboxylic acids is 1. The molecule has 1 aliphatic rings. The summed E-state index contributed by atoms with van der Waals surface area (Å²) in [4.78, 5) is 17.8. The van der Waals surface area contributed by atoms with Crippen LogP contribution in [0.25, 0.3) is 0 Å². The molecule has 18 heavy (non-hydrogen) atoms. The number of nitrogens with zero attached hydrogens (tertiary/aromatic N) is 2. The largest absolute Gasteiger partial charge is 0.396 e. The first-order valence-electron chi connectivity index (χ1n) is 5.61. The molecule has 98 valence electrons. The molecule has 1 aromatic rings. The summed E-state index contributed by atoms with van der Waals surface area (Å²) >= 11 is 5.87. The van der Waals surface area contributed by atoms with Crippen molar-refractivity contribution in [1.29, 1.82) is 0 Å². The van der Waals surface area contributed by atoms with Crippen molar-refractivity contribution >= 4 is 29.0 Å². The van der Waals surface area contributed by atoms with E-state index in [1.165, 1.54) is 0 Å². The molecule has 3 N–H and O–H groups in total. The molecule has 1 aliphatic heterocycles. The van der Waals surface area contributed by atoms with E-state index < -0.39 is 6.04 Å². The van der Waals surface area contributed by atoms with Crippen LogP contribution in [0.15, 0.2) is 12.1 Å². The van der Waals surface area contributed by atoms with Gasteiger partial charge in [-0.1, -0.05) is 11.6 Å². The monoisotopic (exact) mass is 270 g/mol. The molecule has 2 heterocycles. The Morgan fingerprint density at radius 1 is 1.67 bits per heavy atom. The van der Waals surface area contributed by atoms with Gasteiger partial charge in [-0.25, -0.2) is 4.98 Å². The molecule has 0 aromatic carbocycles. The van der Waals surface area contributed by atoms with Crippen LogP contribution in [0, 0.1) is 0 Å². The van der Waals surface area contributed by atoms with Crippen LogP contribution >= 0.6 is 11.6 Å². The van der Waals surface area contributed by atoms with Gasteiger partial charge in [-0.2, -0.15) is 0 Å². The fraction of sp³-hybridized carbons (Fsp3) is 0.455. The van der Waals surface area contributed by atoms with E-state index >= 15 is 0 Å². The predicted molar refractivity (Wildman–Crippen MR) is 69.7 cm³/mol. The van der Waals surface area contributed by atoms with Crippen molar-refractivity contribution in [2.75, 3.05) is 37.4 Å². The van der Waals surface area contributed by atoms with Gasteiger partial charge in [0, 0.05) is 13.6 Å². The molecule has 1 amide bonds. The SMILES string of the molecule is CNC(=O)C1COCCN1c1nc(Cl)ccc1N. The topological polar surface area (TPSA) is 80.5 Å². The summed E-state index contributed by atoms with van der Waals surface area (Å²) in [6.45, 7) is 1.39. The maximum absolute atomic E-state index is 11.8. The van der Waals surface area contributed by atoms with Gasteiger partial charge in [-0.3, -0.25) is 4.79 Å². The Morgan fingerprint density at radius 2 is 2.44 bits per heavy atom. The Morgan fingerprint density at radius 3 is 3.17 bits per heavy atom. The summed E-state index contributed by atoms with van der Waals surface area (Å²) in [5.41, 5.74) is 6.38. The molecule has 1 fully saturated rings. The van der Waals surface area contributed by atoms with E-state index in [4.69, 9.17) is 22.1 Å². The lowest BCUT2D eigenvalue weighted by Crippen LogP contribution is -2.53. The number of hydrogen-bond donors (Lipinski definition) is 2. The van der Waals surface area contributed by atoms with Crippen LogP contribution in [0.4, 0.5) is 11.5 Å². The number of ether oxygens (including phenoxy) is 1. The number of nitrogens with one attached hydrogen (secondary N) is 1. The van der Waals surface area contributed by atoms with E-state index in [-0.39, 0.29) is 5.91 Å². The third kappa shape index (κ3) is 2.49. The maximum atomic E-state index is 11.8. The Hall–Kier alpha value is -1.53. The Bertz CT molecular complexity index is 455. The first-order valence-corrected chi connectivity index (χ1v) is 5.99. The molecule has 0 aliphatic carbocycles. The van der Waals surface area contributed by atoms with Gasteiger partial charge in [0.2, 0.25) is 5.91 Å². The molecule has 1 atom stereocenters. The van der Waals surface area contributed by atoms with Crippen LogP contribution in [-0.4, -0.2) is 43.7 Å². The minimum absolute atomic E-state index is 0.129. The fourth-order valence-electron chi connectivity index (χ4n) is 1.91. The summed E-state index contributed by atoms with van der Waals surface area (Å²) in [6, 6.07) is 2.87. The molecule has 6 nitrogen and oxygen atoms in total. The number of anilines is 2. The number of rotatable bonds is 2. The molecule has 0 radical (unpaired) electrons. The number of hydrogen-bond acceptors (Lipinski definition) is 5. The highest BCUT2D eigenvalue weighted by Crippen LogP contribution is 2.26.